The maximum absolute atomic E-state index is 11.4. The quantitative estimate of drug-likeness (QED) is 0.0537. The van der Waals surface area contributed by atoms with Gasteiger partial charge in [0.05, 0.1) is 21.4 Å². The predicted molar refractivity (Wildman–Crippen MR) is 185 cm³/mol. The normalized spacial score (nSPS) is 12.0. The maximum Gasteiger partial charge on any atom is 2.00 e. The maximum atomic E-state index is 11.4. The van der Waals surface area contributed by atoms with E-state index in [1.54, 1.807) is 0 Å². The minimum atomic E-state index is -0.987. The van der Waals surface area contributed by atoms with Crippen LogP contribution in [0.5, 0.6) is 0 Å². The van der Waals surface area contributed by atoms with E-state index in [2.05, 4.69) is 80.6 Å². The van der Waals surface area contributed by atoms with Crippen LogP contribution in [0.15, 0.2) is 0 Å². The molecule has 43 heavy (non-hydrogen) atoms. The summed E-state index contributed by atoms with van der Waals surface area (Å²) in [7, 11) is 0. The molecule has 252 valence electrons. The molecule has 0 fully saturated rings. The van der Waals surface area contributed by atoms with Gasteiger partial charge in [-0.15, -0.1) is 0 Å². The first-order valence-corrected chi connectivity index (χ1v) is 18.3. The Bertz CT molecular complexity index is 576. The summed E-state index contributed by atoms with van der Waals surface area (Å²) in [5, 5.41) is 22.8. The van der Waals surface area contributed by atoms with Crippen molar-refractivity contribution in [2.45, 2.75) is 193 Å². The van der Waals surface area contributed by atoms with Crippen LogP contribution in [0.2, 0.25) is 0 Å². The van der Waals surface area contributed by atoms with E-state index in [1.165, 1.54) is 51.4 Å². The van der Waals surface area contributed by atoms with Crippen LogP contribution in [0.3, 0.4) is 0 Å². The second-order valence-electron chi connectivity index (χ2n) is 14.6. The molecule has 0 amide bonds. The molecule has 0 aromatic heterocycles. The van der Waals surface area contributed by atoms with Crippen LogP contribution in [0, 0.1) is 23.7 Å². The molecule has 0 saturated carbocycles. The first kappa shape index (κ1) is 47.7. The Labute approximate surface area is 292 Å². The van der Waals surface area contributed by atoms with Crippen molar-refractivity contribution >= 4 is 37.2 Å². The van der Waals surface area contributed by atoms with Gasteiger partial charge in [0, 0.05) is 0 Å². The van der Waals surface area contributed by atoms with Crippen molar-refractivity contribution in [2.75, 3.05) is 0 Å². The number of aliphatic carboxylic acids is 2. The molecule has 0 atom stereocenters. The summed E-state index contributed by atoms with van der Waals surface area (Å²) in [6, 6.07) is 0. The van der Waals surface area contributed by atoms with Crippen molar-refractivity contribution in [1.29, 1.82) is 0 Å². The van der Waals surface area contributed by atoms with Crippen molar-refractivity contribution in [3.05, 3.63) is 0 Å². The molecule has 0 aliphatic heterocycles. The number of thiol groups is 2. The molecule has 0 aromatic rings. The molecule has 0 spiro atoms. The fourth-order valence-corrected chi connectivity index (χ4v) is 5.88. The number of hydrogen-bond donors (Lipinski definition) is 2. The van der Waals surface area contributed by atoms with Crippen LogP contribution in [0.25, 0.3) is 0 Å². The molecule has 0 aromatic carbocycles. The van der Waals surface area contributed by atoms with Gasteiger partial charge in [-0.1, -0.05) is 158 Å². The zero-order valence-electron chi connectivity index (χ0n) is 29.7. The average molecular weight is 696 g/mol. The van der Waals surface area contributed by atoms with E-state index < -0.39 is 21.4 Å². The fraction of sp³-hybridized carbons (Fsp3) is 0.944. The van der Waals surface area contributed by atoms with Gasteiger partial charge in [-0.3, -0.25) is 0 Å². The van der Waals surface area contributed by atoms with Gasteiger partial charge in [0.1, 0.15) is 0 Å². The van der Waals surface area contributed by atoms with E-state index in [1.807, 2.05) is 0 Å². The first-order valence-electron chi connectivity index (χ1n) is 17.4. The summed E-state index contributed by atoms with van der Waals surface area (Å²) in [4.78, 5) is 22.8. The van der Waals surface area contributed by atoms with Crippen LogP contribution >= 0.6 is 25.3 Å². The summed E-state index contributed by atoms with van der Waals surface area (Å²) in [5.74, 6) is 0.943. The molecule has 0 radical (unpaired) electrons. The first-order chi connectivity index (χ1) is 19.6. The molecule has 0 unspecified atom stereocenters. The fourth-order valence-electron chi connectivity index (χ4n) is 5.25. The summed E-state index contributed by atoms with van der Waals surface area (Å²) < 4.78 is -1.84. The smallest absolute Gasteiger partial charge is 0.549 e. The zero-order chi connectivity index (χ0) is 32.6. The van der Waals surface area contributed by atoms with Crippen LogP contribution in [0.4, 0.5) is 0 Å². The van der Waals surface area contributed by atoms with Gasteiger partial charge in [0.15, 0.2) is 0 Å². The molecule has 0 N–H and O–H groups in total. The molecular weight excluding hydrogens is 626 g/mol. The van der Waals surface area contributed by atoms with Gasteiger partial charge in [0.2, 0.25) is 0 Å². The van der Waals surface area contributed by atoms with E-state index >= 15 is 0 Å². The largest absolute Gasteiger partial charge is 2.00 e. The number of carbonyl (C=O) groups is 2. The predicted octanol–water partition coefficient (Wildman–Crippen LogP) is 9.23. The number of hydrogen-bond acceptors (Lipinski definition) is 6. The van der Waals surface area contributed by atoms with Gasteiger partial charge in [-0.2, -0.15) is 25.3 Å². The zero-order valence-corrected chi connectivity index (χ0v) is 34.4. The summed E-state index contributed by atoms with van der Waals surface area (Å²) in [6.07, 6.45) is 20.3. The standard InChI is InChI=1S/2C18H36O2S.Zn/c2*1-15(2)11-7-5-9-13-18(21,17(19)20)14-10-6-8-12-16(3)4;/h2*15-16,21H,5-14H2,1-4H3,(H,19,20);/q;;+2/p-2. The van der Waals surface area contributed by atoms with Crippen LogP contribution < -0.4 is 10.2 Å². The molecule has 0 heterocycles. The third-order valence-electron chi connectivity index (χ3n) is 8.25. The Hall–Kier alpha value is 0.263. The molecule has 0 aliphatic rings. The second-order valence-corrected chi connectivity index (χ2v) is 16.3. The van der Waals surface area contributed by atoms with Crippen LogP contribution in [0.1, 0.15) is 184 Å². The SMILES string of the molecule is CC(C)CCCCCC(S)(CCCCCC(C)C)C(=O)[O-].CC(C)CCCCCC(S)(CCCCCC(C)C)C(=O)[O-].[Zn+2]. The summed E-state index contributed by atoms with van der Waals surface area (Å²) in [6.45, 7) is 17.8. The van der Waals surface area contributed by atoms with Gasteiger partial charge in [-0.25, -0.2) is 0 Å². The van der Waals surface area contributed by atoms with Crippen molar-refractivity contribution < 1.29 is 39.3 Å². The van der Waals surface area contributed by atoms with E-state index in [4.69, 9.17) is 0 Å². The Balaban J connectivity index is -0.000000727. The van der Waals surface area contributed by atoms with Crippen molar-refractivity contribution in [1.82, 2.24) is 0 Å². The van der Waals surface area contributed by atoms with Crippen LogP contribution in [-0.2, 0) is 29.1 Å². The van der Waals surface area contributed by atoms with Crippen molar-refractivity contribution in [2.24, 2.45) is 23.7 Å². The van der Waals surface area contributed by atoms with E-state index in [0.29, 0.717) is 25.7 Å². The Kier molecular flexibility index (Phi) is 31.6. The topological polar surface area (TPSA) is 80.3 Å². The molecule has 7 heteroatoms. The molecule has 0 bridgehead atoms. The van der Waals surface area contributed by atoms with E-state index in [-0.39, 0.29) is 19.5 Å². The van der Waals surface area contributed by atoms with Crippen LogP contribution in [-0.4, -0.2) is 21.4 Å². The van der Waals surface area contributed by atoms with Gasteiger partial charge in [-0.05, 0) is 49.4 Å². The Morgan fingerprint density at radius 3 is 0.767 bits per heavy atom. The van der Waals surface area contributed by atoms with Gasteiger partial charge < -0.3 is 19.8 Å². The summed E-state index contributed by atoms with van der Waals surface area (Å²) >= 11 is 8.87. The minimum Gasteiger partial charge on any atom is -0.549 e. The monoisotopic (exact) mass is 694 g/mol. The molecular formula is C36H70O4S2Zn. The molecule has 0 saturated heterocycles. The van der Waals surface area contributed by atoms with E-state index in [0.717, 1.165) is 75.0 Å². The third-order valence-corrected chi connectivity index (χ3v) is 9.51. The third kappa shape index (κ3) is 29.4. The number of carbonyl (C=O) groups excluding carboxylic acids is 2. The summed E-state index contributed by atoms with van der Waals surface area (Å²) in [5.41, 5.74) is 0. The van der Waals surface area contributed by atoms with Gasteiger partial charge >= 0.3 is 19.5 Å². The average Bonchev–Trinajstić information content (AvgIpc) is 2.87. The second kappa shape index (κ2) is 28.5. The van der Waals surface area contributed by atoms with Gasteiger partial charge in [0.25, 0.3) is 0 Å². The molecule has 0 aliphatic carbocycles. The minimum absolute atomic E-state index is 0. The number of unbranched alkanes of at least 4 members (excludes halogenated alkanes) is 8. The Morgan fingerprint density at radius 1 is 0.442 bits per heavy atom. The number of rotatable bonds is 26. The van der Waals surface area contributed by atoms with Crippen molar-refractivity contribution in [3.8, 4) is 0 Å². The van der Waals surface area contributed by atoms with Crippen molar-refractivity contribution in [3.63, 3.8) is 0 Å². The Morgan fingerprint density at radius 2 is 0.628 bits per heavy atom. The number of carboxylic acid groups (broad SMARTS) is 2. The molecule has 4 nitrogen and oxygen atoms in total. The number of carboxylic acids is 2. The molecule has 0 rings (SSSR count). The van der Waals surface area contributed by atoms with E-state index in [9.17, 15) is 19.8 Å².